The number of amides is 1. The van der Waals surface area contributed by atoms with Crippen LogP contribution in [0.5, 0.6) is 17.5 Å². The molecule has 0 radical (unpaired) electrons. The fraction of sp³-hybridized carbons (Fsp3) is 0.320. The molecule has 1 fully saturated rings. The Morgan fingerprint density at radius 2 is 1.90 bits per heavy atom. The van der Waals surface area contributed by atoms with Crippen LogP contribution < -0.4 is 14.8 Å². The molecule has 2 heterocycles. The molecule has 0 aliphatic heterocycles. The third kappa shape index (κ3) is 5.49. The Labute approximate surface area is 222 Å². The minimum atomic E-state index is -4.91. The maximum absolute atomic E-state index is 13.7. The Balaban J connectivity index is 1.80. The number of anilines is 1. The summed E-state index contributed by atoms with van der Waals surface area (Å²) in [6, 6.07) is 9.46. The number of alkyl halides is 3. The predicted octanol–water partition coefficient (Wildman–Crippen LogP) is 5.15. The zero-order chi connectivity index (χ0) is 28.8. The van der Waals surface area contributed by atoms with Gasteiger partial charge in [0.1, 0.15) is 5.56 Å². The smallest absolute Gasteiger partial charge is 0.435 e. The Bertz CT molecular complexity index is 1630. The number of carbonyl (C=O) groups excluding carboxylic acids is 1. The van der Waals surface area contributed by atoms with E-state index in [1.807, 2.05) is 0 Å². The van der Waals surface area contributed by atoms with E-state index >= 15 is 0 Å². The molecule has 1 aromatic carbocycles. The van der Waals surface area contributed by atoms with Crippen LogP contribution in [0, 0.1) is 30.0 Å². The molecular weight excluding hydrogens is 537 g/mol. The van der Waals surface area contributed by atoms with Crippen molar-refractivity contribution < 1.29 is 31.6 Å². The number of aromatic nitrogens is 3. The number of benzene rings is 1. The van der Waals surface area contributed by atoms with E-state index < -0.39 is 49.9 Å². The average molecular weight is 561 g/mol. The lowest BCUT2D eigenvalue weighted by Crippen LogP contribution is -2.21. The largest absolute Gasteiger partial charge is 0.478 e. The third-order valence-electron chi connectivity index (χ3n) is 6.20. The zero-order valence-corrected chi connectivity index (χ0v) is 22.1. The molecule has 3 aromatic rings. The second-order valence-corrected chi connectivity index (χ2v) is 11.3. The number of ether oxygens (including phenoxy) is 2. The Morgan fingerprint density at radius 3 is 2.46 bits per heavy atom. The fourth-order valence-corrected chi connectivity index (χ4v) is 4.59. The molecule has 39 heavy (non-hydrogen) atoms. The number of halogens is 3. The maximum atomic E-state index is 13.7. The van der Waals surface area contributed by atoms with E-state index in [9.17, 15) is 27.4 Å². The fourth-order valence-electron chi connectivity index (χ4n) is 3.90. The van der Waals surface area contributed by atoms with Crippen LogP contribution >= 0.6 is 0 Å². The number of rotatable bonds is 7. The lowest BCUT2D eigenvalue weighted by atomic mass is 10.0. The number of carbonyl (C=O) groups is 1. The Hall–Kier alpha value is -4.25. The molecule has 204 valence electrons. The van der Waals surface area contributed by atoms with Gasteiger partial charge in [-0.2, -0.15) is 18.4 Å². The molecule has 1 atom stereocenters. The SMILES string of the molecule is COc1nc(C2(C#N)CC2)cc(C)c1Oc1nnc(C(F)(F)F)c(C)c1C(=O)Nc1cccc(S(C)(=N)=O)c1. The van der Waals surface area contributed by atoms with Gasteiger partial charge in [0.2, 0.25) is 0 Å². The van der Waals surface area contributed by atoms with Crippen molar-refractivity contribution in [2.75, 3.05) is 18.7 Å². The van der Waals surface area contributed by atoms with E-state index in [2.05, 4.69) is 26.6 Å². The molecule has 2 N–H and O–H groups in total. The predicted molar refractivity (Wildman–Crippen MR) is 133 cm³/mol. The molecule has 14 heteroatoms. The monoisotopic (exact) mass is 560 g/mol. The van der Waals surface area contributed by atoms with Gasteiger partial charge in [0.15, 0.2) is 11.4 Å². The summed E-state index contributed by atoms with van der Waals surface area (Å²) in [4.78, 5) is 17.8. The quantitative estimate of drug-likeness (QED) is 0.403. The van der Waals surface area contributed by atoms with Crippen molar-refractivity contribution >= 4 is 21.3 Å². The number of aryl methyl sites for hydroxylation is 1. The lowest BCUT2D eigenvalue weighted by Gasteiger charge is -2.18. The third-order valence-corrected chi connectivity index (χ3v) is 7.35. The number of nitrogens with zero attached hydrogens (tertiary/aromatic N) is 4. The molecule has 2 aromatic heterocycles. The molecule has 1 saturated carbocycles. The summed E-state index contributed by atoms with van der Waals surface area (Å²) in [5.74, 6) is -1.60. The summed E-state index contributed by atoms with van der Waals surface area (Å²) in [7, 11) is -1.81. The van der Waals surface area contributed by atoms with Gasteiger partial charge in [-0.05, 0) is 62.1 Å². The number of nitriles is 1. The van der Waals surface area contributed by atoms with Crippen molar-refractivity contribution in [3.63, 3.8) is 0 Å². The summed E-state index contributed by atoms with van der Waals surface area (Å²) in [6.07, 6.45) is -2.46. The van der Waals surface area contributed by atoms with Crippen LogP contribution in [0.25, 0.3) is 0 Å². The molecule has 1 amide bonds. The van der Waals surface area contributed by atoms with Crippen LogP contribution in [0.1, 0.15) is 45.7 Å². The van der Waals surface area contributed by atoms with Gasteiger partial charge in [0, 0.05) is 16.8 Å². The molecule has 0 bridgehead atoms. The molecule has 1 aliphatic rings. The van der Waals surface area contributed by atoms with Crippen LogP contribution in [0.4, 0.5) is 18.9 Å². The zero-order valence-electron chi connectivity index (χ0n) is 21.3. The summed E-state index contributed by atoms with van der Waals surface area (Å²) in [5.41, 5.74) is -2.18. The van der Waals surface area contributed by atoms with Crippen molar-refractivity contribution in [2.45, 2.75) is 43.2 Å². The van der Waals surface area contributed by atoms with Gasteiger partial charge >= 0.3 is 6.18 Å². The highest BCUT2D eigenvalue weighted by atomic mass is 32.2. The van der Waals surface area contributed by atoms with Crippen molar-refractivity contribution in [3.05, 3.63) is 58.4 Å². The Morgan fingerprint density at radius 1 is 1.21 bits per heavy atom. The molecule has 0 spiro atoms. The molecule has 10 nitrogen and oxygen atoms in total. The normalized spacial score (nSPS) is 15.5. The minimum absolute atomic E-state index is 0.0144. The first-order valence-corrected chi connectivity index (χ1v) is 13.4. The highest BCUT2D eigenvalue weighted by Crippen LogP contribution is 2.49. The molecule has 1 unspecified atom stereocenters. The van der Waals surface area contributed by atoms with Crippen molar-refractivity contribution in [1.29, 1.82) is 10.0 Å². The van der Waals surface area contributed by atoms with Crippen LogP contribution in [-0.4, -0.2) is 38.7 Å². The van der Waals surface area contributed by atoms with Gasteiger partial charge in [0.25, 0.3) is 17.7 Å². The first-order chi connectivity index (χ1) is 18.2. The van der Waals surface area contributed by atoms with Crippen molar-refractivity contribution in [2.24, 2.45) is 0 Å². The number of hydrogen-bond donors (Lipinski definition) is 2. The number of hydrogen-bond acceptors (Lipinski definition) is 9. The van der Waals surface area contributed by atoms with Gasteiger partial charge < -0.3 is 14.8 Å². The summed E-state index contributed by atoms with van der Waals surface area (Å²) >= 11 is 0. The van der Waals surface area contributed by atoms with Crippen LogP contribution in [-0.2, 0) is 21.3 Å². The molecule has 0 saturated heterocycles. The van der Waals surface area contributed by atoms with Crippen LogP contribution in [0.3, 0.4) is 0 Å². The first kappa shape index (κ1) is 27.8. The molecule has 4 rings (SSSR count). The van der Waals surface area contributed by atoms with Crippen molar-refractivity contribution in [3.8, 4) is 23.6 Å². The molecule has 1 aliphatic carbocycles. The van der Waals surface area contributed by atoms with E-state index in [0.29, 0.717) is 24.1 Å². The van der Waals surface area contributed by atoms with Gasteiger partial charge in [-0.25, -0.2) is 14.0 Å². The second-order valence-electron chi connectivity index (χ2n) is 9.14. The standard InChI is InChI=1S/C25H23F3N6O4S/c1-13-10-17(24(12-29)8-9-24)32-23(37-3)19(13)38-22-18(14(2)20(33-34-22)25(26,27)28)21(35)31-15-6-5-7-16(11-15)39(4,30)36/h5-7,10-11,30H,8-9H2,1-4H3,(H,31,35). The molecular formula is C25H23F3N6O4S. The average Bonchev–Trinajstić information content (AvgIpc) is 3.65. The van der Waals surface area contributed by atoms with Gasteiger partial charge in [-0.3, -0.25) is 4.79 Å². The topological polar surface area (TPSA) is 151 Å². The van der Waals surface area contributed by atoms with Gasteiger partial charge in [0.05, 0.1) is 34.0 Å². The van der Waals surface area contributed by atoms with Crippen LogP contribution in [0.2, 0.25) is 0 Å². The van der Waals surface area contributed by atoms with E-state index in [0.717, 1.165) is 6.92 Å². The minimum Gasteiger partial charge on any atom is -0.478 e. The van der Waals surface area contributed by atoms with Gasteiger partial charge in [-0.15, -0.1) is 10.2 Å². The van der Waals surface area contributed by atoms with Crippen molar-refractivity contribution in [1.82, 2.24) is 15.2 Å². The highest BCUT2D eigenvalue weighted by molar-refractivity contribution is 7.91. The van der Waals surface area contributed by atoms with E-state index in [-0.39, 0.29) is 22.2 Å². The highest BCUT2D eigenvalue weighted by Gasteiger charge is 2.47. The summed E-state index contributed by atoms with van der Waals surface area (Å²) in [5, 5.41) is 18.8. The lowest BCUT2D eigenvalue weighted by molar-refractivity contribution is -0.142. The van der Waals surface area contributed by atoms with E-state index in [1.165, 1.54) is 37.6 Å². The maximum Gasteiger partial charge on any atom is 0.435 e. The second kappa shape index (κ2) is 9.81. The number of methoxy groups -OCH3 is 1. The van der Waals surface area contributed by atoms with E-state index in [1.54, 1.807) is 13.0 Å². The number of nitrogens with one attached hydrogen (secondary N) is 2. The summed E-state index contributed by atoms with van der Waals surface area (Å²) < 4.78 is 72.0. The van der Waals surface area contributed by atoms with Crippen LogP contribution in [0.15, 0.2) is 35.2 Å². The van der Waals surface area contributed by atoms with Gasteiger partial charge in [-0.1, -0.05) is 6.07 Å². The Kier molecular flexibility index (Phi) is 6.99. The first-order valence-electron chi connectivity index (χ1n) is 11.4. The number of pyridine rings is 1. The van der Waals surface area contributed by atoms with E-state index in [4.69, 9.17) is 14.3 Å². The summed E-state index contributed by atoms with van der Waals surface area (Å²) in [6.45, 7) is 2.70.